The number of carboxylic acids is 1. The second kappa shape index (κ2) is 6.28. The van der Waals surface area contributed by atoms with Crippen molar-refractivity contribution >= 4 is 11.8 Å². The molecule has 1 aromatic carbocycles. The molecule has 0 amide bonds. The second-order valence-electron chi connectivity index (χ2n) is 4.80. The number of aliphatic carboxylic acids is 1. The Labute approximate surface area is 106 Å². The lowest BCUT2D eigenvalue weighted by molar-refractivity contribution is -0.142. The van der Waals surface area contributed by atoms with Crippen molar-refractivity contribution in [3.8, 4) is 0 Å². The number of halogens is 1. The van der Waals surface area contributed by atoms with Crippen molar-refractivity contribution < 1.29 is 19.1 Å². The molecule has 0 saturated heterocycles. The fraction of sp³-hybridized carbons (Fsp3) is 0.429. The van der Waals surface area contributed by atoms with Crippen LogP contribution in [0.4, 0.5) is 4.39 Å². The third-order valence-corrected chi connectivity index (χ3v) is 2.68. The minimum absolute atomic E-state index is 0.0863. The Balaban J connectivity index is 2.75. The molecule has 0 spiro atoms. The van der Waals surface area contributed by atoms with Gasteiger partial charge in [0.25, 0.3) is 0 Å². The number of rotatable bonds is 6. The van der Waals surface area contributed by atoms with Gasteiger partial charge in [-0.25, -0.2) is 4.39 Å². The lowest BCUT2D eigenvalue weighted by atomic mass is 9.91. The molecule has 1 rings (SSSR count). The fourth-order valence-corrected chi connectivity index (χ4v) is 1.84. The van der Waals surface area contributed by atoms with Crippen molar-refractivity contribution in [2.75, 3.05) is 0 Å². The lowest BCUT2D eigenvalue weighted by Crippen LogP contribution is -2.20. The molecular weight excluding hydrogens is 235 g/mol. The van der Waals surface area contributed by atoms with Crippen molar-refractivity contribution in [1.29, 1.82) is 0 Å². The molecule has 0 radical (unpaired) electrons. The molecule has 0 aromatic heterocycles. The van der Waals surface area contributed by atoms with Crippen molar-refractivity contribution in [3.05, 3.63) is 35.6 Å². The summed E-state index contributed by atoms with van der Waals surface area (Å²) in [4.78, 5) is 22.9. The predicted molar refractivity (Wildman–Crippen MR) is 65.9 cm³/mol. The van der Waals surface area contributed by atoms with E-state index in [0.717, 1.165) is 6.07 Å². The first kappa shape index (κ1) is 14.4. The van der Waals surface area contributed by atoms with Gasteiger partial charge >= 0.3 is 5.97 Å². The van der Waals surface area contributed by atoms with E-state index in [4.69, 9.17) is 5.11 Å². The summed E-state index contributed by atoms with van der Waals surface area (Å²) < 4.78 is 13.0. The van der Waals surface area contributed by atoms with Crippen LogP contribution in [-0.4, -0.2) is 16.9 Å². The number of ketones is 1. The van der Waals surface area contributed by atoms with Gasteiger partial charge in [0, 0.05) is 12.0 Å². The van der Waals surface area contributed by atoms with E-state index < -0.39 is 17.7 Å². The van der Waals surface area contributed by atoms with E-state index >= 15 is 0 Å². The van der Waals surface area contributed by atoms with Gasteiger partial charge in [0.2, 0.25) is 0 Å². The minimum Gasteiger partial charge on any atom is -0.481 e. The van der Waals surface area contributed by atoms with Crippen LogP contribution in [0.3, 0.4) is 0 Å². The maximum Gasteiger partial charge on any atom is 0.306 e. The largest absolute Gasteiger partial charge is 0.481 e. The zero-order chi connectivity index (χ0) is 13.7. The van der Waals surface area contributed by atoms with Crippen LogP contribution in [0.1, 0.15) is 37.0 Å². The van der Waals surface area contributed by atoms with E-state index in [1.165, 1.54) is 18.2 Å². The van der Waals surface area contributed by atoms with Gasteiger partial charge < -0.3 is 5.11 Å². The third kappa shape index (κ3) is 4.28. The summed E-state index contributed by atoms with van der Waals surface area (Å²) in [6.45, 7) is 3.81. The number of carboxylic acid groups (broad SMARTS) is 1. The maximum absolute atomic E-state index is 13.0. The molecule has 0 saturated carbocycles. The molecule has 1 atom stereocenters. The van der Waals surface area contributed by atoms with E-state index in [0.29, 0.717) is 6.42 Å². The highest BCUT2D eigenvalue weighted by Gasteiger charge is 2.23. The summed E-state index contributed by atoms with van der Waals surface area (Å²) in [5, 5.41) is 9.05. The van der Waals surface area contributed by atoms with Gasteiger partial charge in [0.05, 0.1) is 5.92 Å². The smallest absolute Gasteiger partial charge is 0.306 e. The van der Waals surface area contributed by atoms with Crippen LogP contribution in [0.25, 0.3) is 0 Å². The predicted octanol–water partition coefficient (Wildman–Crippen LogP) is 3.15. The second-order valence-corrected chi connectivity index (χ2v) is 4.80. The Bertz CT molecular complexity index is 440. The molecule has 18 heavy (non-hydrogen) atoms. The molecule has 0 aliphatic rings. The lowest BCUT2D eigenvalue weighted by Gasteiger charge is -2.13. The number of carbonyl (C=O) groups is 2. The average Bonchev–Trinajstić information content (AvgIpc) is 2.27. The number of hydrogen-bond donors (Lipinski definition) is 1. The molecule has 0 aliphatic carbocycles. The first-order chi connectivity index (χ1) is 8.40. The van der Waals surface area contributed by atoms with E-state index in [2.05, 4.69) is 0 Å². The SMILES string of the molecule is CC(C)CC(CC(=O)c1cccc(F)c1)C(=O)O. The van der Waals surface area contributed by atoms with Gasteiger partial charge in [-0.05, 0) is 24.5 Å². The molecular formula is C14H17FO3. The zero-order valence-corrected chi connectivity index (χ0v) is 10.5. The topological polar surface area (TPSA) is 54.4 Å². The molecule has 0 bridgehead atoms. The Morgan fingerprint density at radius 3 is 2.50 bits per heavy atom. The Morgan fingerprint density at radius 1 is 1.33 bits per heavy atom. The molecule has 0 aliphatic heterocycles. The van der Waals surface area contributed by atoms with Gasteiger partial charge in [0.1, 0.15) is 5.82 Å². The Hall–Kier alpha value is -1.71. The maximum atomic E-state index is 13.0. The van der Waals surface area contributed by atoms with E-state index in [-0.39, 0.29) is 23.7 Å². The Morgan fingerprint density at radius 2 is 2.00 bits per heavy atom. The first-order valence-corrected chi connectivity index (χ1v) is 5.91. The number of hydrogen-bond acceptors (Lipinski definition) is 2. The summed E-state index contributed by atoms with van der Waals surface area (Å²) in [7, 11) is 0. The molecule has 98 valence electrons. The molecule has 4 heteroatoms. The van der Waals surface area contributed by atoms with E-state index in [9.17, 15) is 14.0 Å². The van der Waals surface area contributed by atoms with Crippen molar-refractivity contribution in [2.45, 2.75) is 26.7 Å². The van der Waals surface area contributed by atoms with Crippen LogP contribution >= 0.6 is 0 Å². The highest BCUT2D eigenvalue weighted by atomic mass is 19.1. The highest BCUT2D eigenvalue weighted by Crippen LogP contribution is 2.19. The van der Waals surface area contributed by atoms with Crippen LogP contribution in [-0.2, 0) is 4.79 Å². The zero-order valence-electron chi connectivity index (χ0n) is 10.5. The number of carbonyl (C=O) groups excluding carboxylic acids is 1. The summed E-state index contributed by atoms with van der Waals surface area (Å²) >= 11 is 0. The highest BCUT2D eigenvalue weighted by molar-refractivity contribution is 5.97. The van der Waals surface area contributed by atoms with Gasteiger partial charge in [-0.3, -0.25) is 9.59 Å². The molecule has 0 fully saturated rings. The monoisotopic (exact) mass is 252 g/mol. The molecule has 1 N–H and O–H groups in total. The van der Waals surface area contributed by atoms with Gasteiger partial charge in [-0.2, -0.15) is 0 Å². The van der Waals surface area contributed by atoms with Crippen molar-refractivity contribution in [2.24, 2.45) is 11.8 Å². The fourth-order valence-electron chi connectivity index (χ4n) is 1.84. The minimum atomic E-state index is -0.978. The summed E-state index contributed by atoms with van der Waals surface area (Å²) in [5.41, 5.74) is 0.227. The third-order valence-electron chi connectivity index (χ3n) is 2.68. The number of Topliss-reactive ketones (excluding diaryl/α,β-unsaturated/α-hetero) is 1. The van der Waals surface area contributed by atoms with Gasteiger partial charge in [0.15, 0.2) is 5.78 Å². The number of benzene rings is 1. The van der Waals surface area contributed by atoms with Crippen molar-refractivity contribution in [3.63, 3.8) is 0 Å². The summed E-state index contributed by atoms with van der Waals surface area (Å²) in [6, 6.07) is 5.33. The molecule has 1 aromatic rings. The first-order valence-electron chi connectivity index (χ1n) is 5.91. The summed E-state index contributed by atoms with van der Waals surface area (Å²) in [5.74, 6) is -2.31. The van der Waals surface area contributed by atoms with Crippen LogP contribution in [0.2, 0.25) is 0 Å². The van der Waals surface area contributed by atoms with E-state index in [1.54, 1.807) is 0 Å². The molecule has 0 heterocycles. The molecule has 3 nitrogen and oxygen atoms in total. The summed E-state index contributed by atoms with van der Waals surface area (Å²) in [6.07, 6.45) is 0.355. The molecule has 1 unspecified atom stereocenters. The normalized spacial score (nSPS) is 12.4. The van der Waals surface area contributed by atoms with Gasteiger partial charge in [-0.15, -0.1) is 0 Å². The van der Waals surface area contributed by atoms with Crippen LogP contribution < -0.4 is 0 Å². The van der Waals surface area contributed by atoms with Gasteiger partial charge in [-0.1, -0.05) is 26.0 Å². The quantitative estimate of drug-likeness (QED) is 0.791. The van der Waals surface area contributed by atoms with E-state index in [1.807, 2.05) is 13.8 Å². The average molecular weight is 252 g/mol. The van der Waals surface area contributed by atoms with Crippen LogP contribution in [0, 0.1) is 17.7 Å². The van der Waals surface area contributed by atoms with Crippen LogP contribution in [0.5, 0.6) is 0 Å². The Kier molecular flexibility index (Phi) is 5.01. The van der Waals surface area contributed by atoms with Crippen molar-refractivity contribution in [1.82, 2.24) is 0 Å². The standard InChI is InChI=1S/C14H17FO3/c1-9(2)6-11(14(17)18)8-13(16)10-4-3-5-12(15)7-10/h3-5,7,9,11H,6,8H2,1-2H3,(H,17,18). The van der Waals surface area contributed by atoms with Crippen LogP contribution in [0.15, 0.2) is 24.3 Å².